The first-order chi connectivity index (χ1) is 6.61. The van der Waals surface area contributed by atoms with E-state index in [-0.39, 0.29) is 5.91 Å². The van der Waals surface area contributed by atoms with Crippen LogP contribution < -0.4 is 10.2 Å². The Bertz CT molecular complexity index is 346. The summed E-state index contributed by atoms with van der Waals surface area (Å²) in [6.45, 7) is 4.40. The molecule has 1 heterocycles. The van der Waals surface area contributed by atoms with Crippen LogP contribution in [0.5, 0.6) is 0 Å². The molecule has 0 aromatic heterocycles. The summed E-state index contributed by atoms with van der Waals surface area (Å²) >= 11 is 0. The quantitative estimate of drug-likeness (QED) is 0.725. The fourth-order valence-electron chi connectivity index (χ4n) is 1.58. The molecule has 1 aromatic carbocycles. The van der Waals surface area contributed by atoms with Crippen molar-refractivity contribution in [3.05, 3.63) is 30.3 Å². The molecule has 1 aromatic rings. The molecule has 0 spiro atoms. The average Bonchev–Trinajstić information content (AvgIpc) is 2.44. The van der Waals surface area contributed by atoms with E-state index in [1.165, 1.54) is 0 Å². The fourth-order valence-corrected chi connectivity index (χ4v) is 1.58. The van der Waals surface area contributed by atoms with E-state index in [4.69, 9.17) is 0 Å². The Morgan fingerprint density at radius 2 is 1.93 bits per heavy atom. The number of amides is 1. The molecule has 0 radical (unpaired) electrons. The van der Waals surface area contributed by atoms with Gasteiger partial charge in [-0.15, -0.1) is 0 Å². The van der Waals surface area contributed by atoms with Crippen molar-refractivity contribution in [3.8, 4) is 0 Å². The largest absolute Gasteiger partial charge is 0.298 e. The number of carbonyl (C=O) groups excluding carboxylic acids is 1. The van der Waals surface area contributed by atoms with Gasteiger partial charge in [-0.1, -0.05) is 18.2 Å². The SMILES string of the molecule is CC1(C)NCN(c2ccccc2)C1=O. The van der Waals surface area contributed by atoms with Crippen LogP contribution in [0, 0.1) is 0 Å². The number of benzene rings is 1. The number of nitrogens with one attached hydrogen (secondary N) is 1. The molecule has 0 saturated carbocycles. The lowest BCUT2D eigenvalue weighted by Crippen LogP contribution is -2.40. The van der Waals surface area contributed by atoms with Crippen molar-refractivity contribution in [2.75, 3.05) is 11.6 Å². The number of hydrogen-bond acceptors (Lipinski definition) is 2. The second kappa shape index (κ2) is 3.10. The molecule has 0 bridgehead atoms. The lowest BCUT2D eigenvalue weighted by molar-refractivity contribution is -0.121. The van der Waals surface area contributed by atoms with E-state index in [1.54, 1.807) is 4.90 Å². The van der Waals surface area contributed by atoms with Gasteiger partial charge in [-0.3, -0.25) is 15.0 Å². The van der Waals surface area contributed by atoms with E-state index in [0.717, 1.165) is 5.69 Å². The number of nitrogens with zero attached hydrogens (tertiary/aromatic N) is 1. The minimum atomic E-state index is -0.435. The smallest absolute Gasteiger partial charge is 0.247 e. The summed E-state index contributed by atoms with van der Waals surface area (Å²) in [4.78, 5) is 13.7. The summed E-state index contributed by atoms with van der Waals surface area (Å²) in [5, 5.41) is 3.17. The van der Waals surface area contributed by atoms with E-state index in [1.807, 2.05) is 44.2 Å². The molecule has 0 unspecified atom stereocenters. The van der Waals surface area contributed by atoms with Crippen molar-refractivity contribution in [1.29, 1.82) is 0 Å². The highest BCUT2D eigenvalue weighted by atomic mass is 16.2. The Morgan fingerprint density at radius 1 is 1.29 bits per heavy atom. The van der Waals surface area contributed by atoms with Crippen molar-refractivity contribution in [1.82, 2.24) is 5.32 Å². The third-order valence-electron chi connectivity index (χ3n) is 2.53. The Morgan fingerprint density at radius 3 is 2.43 bits per heavy atom. The van der Waals surface area contributed by atoms with E-state index in [2.05, 4.69) is 5.32 Å². The van der Waals surface area contributed by atoms with E-state index in [9.17, 15) is 4.79 Å². The van der Waals surface area contributed by atoms with Gasteiger partial charge < -0.3 is 0 Å². The van der Waals surface area contributed by atoms with Crippen LogP contribution in [0.25, 0.3) is 0 Å². The van der Waals surface area contributed by atoms with Crippen LogP contribution in [0.4, 0.5) is 5.69 Å². The molecule has 1 fully saturated rings. The van der Waals surface area contributed by atoms with Crippen LogP contribution >= 0.6 is 0 Å². The Balaban J connectivity index is 2.27. The summed E-state index contributed by atoms with van der Waals surface area (Å²) in [5.74, 6) is 0.128. The topological polar surface area (TPSA) is 32.3 Å². The van der Waals surface area contributed by atoms with Gasteiger partial charge in [0, 0.05) is 5.69 Å². The number of para-hydroxylation sites is 1. The van der Waals surface area contributed by atoms with Gasteiger partial charge in [-0.25, -0.2) is 0 Å². The Labute approximate surface area is 83.7 Å². The van der Waals surface area contributed by atoms with E-state index < -0.39 is 5.54 Å². The zero-order valence-corrected chi connectivity index (χ0v) is 8.45. The normalized spacial score (nSPS) is 20.1. The molecular formula is C11H14N2O. The molecule has 3 heteroatoms. The summed E-state index contributed by atoms with van der Waals surface area (Å²) in [5.41, 5.74) is 0.520. The summed E-state index contributed by atoms with van der Waals surface area (Å²) < 4.78 is 0. The Hall–Kier alpha value is -1.35. The maximum Gasteiger partial charge on any atom is 0.247 e. The standard InChI is InChI=1S/C11H14N2O/c1-11(2)10(14)13(8-12-11)9-6-4-3-5-7-9/h3-7,12H,8H2,1-2H3. The second-order valence-corrected chi connectivity index (χ2v) is 4.03. The maximum absolute atomic E-state index is 11.9. The Kier molecular flexibility index (Phi) is 2.04. The molecule has 1 N–H and O–H groups in total. The predicted octanol–water partition coefficient (Wildman–Crippen LogP) is 1.36. The number of carbonyl (C=O) groups is 1. The molecule has 1 aliphatic rings. The minimum Gasteiger partial charge on any atom is -0.298 e. The van der Waals surface area contributed by atoms with Crippen molar-refractivity contribution < 1.29 is 4.79 Å². The molecule has 0 aliphatic carbocycles. The molecule has 74 valence electrons. The first-order valence-corrected chi connectivity index (χ1v) is 4.73. The van der Waals surface area contributed by atoms with E-state index in [0.29, 0.717) is 6.67 Å². The highest BCUT2D eigenvalue weighted by Crippen LogP contribution is 2.21. The van der Waals surface area contributed by atoms with Gasteiger partial charge in [0.1, 0.15) is 0 Å². The first-order valence-electron chi connectivity index (χ1n) is 4.73. The van der Waals surface area contributed by atoms with Gasteiger partial charge in [0.25, 0.3) is 0 Å². The van der Waals surface area contributed by atoms with Crippen LogP contribution in [0.3, 0.4) is 0 Å². The monoisotopic (exact) mass is 190 g/mol. The number of anilines is 1. The van der Waals surface area contributed by atoms with Crippen molar-refractivity contribution >= 4 is 11.6 Å². The van der Waals surface area contributed by atoms with Crippen molar-refractivity contribution in [2.24, 2.45) is 0 Å². The third-order valence-corrected chi connectivity index (χ3v) is 2.53. The highest BCUT2D eigenvalue weighted by molar-refractivity contribution is 6.01. The van der Waals surface area contributed by atoms with Crippen LogP contribution in [-0.4, -0.2) is 18.1 Å². The van der Waals surface area contributed by atoms with Gasteiger partial charge in [0.2, 0.25) is 5.91 Å². The molecule has 2 rings (SSSR count). The maximum atomic E-state index is 11.9. The van der Waals surface area contributed by atoms with Gasteiger partial charge >= 0.3 is 0 Å². The lowest BCUT2D eigenvalue weighted by atomic mass is 10.1. The number of rotatable bonds is 1. The zero-order valence-electron chi connectivity index (χ0n) is 8.45. The lowest BCUT2D eigenvalue weighted by Gasteiger charge is -2.17. The third kappa shape index (κ3) is 1.40. The van der Waals surface area contributed by atoms with Crippen molar-refractivity contribution in [2.45, 2.75) is 19.4 Å². The summed E-state index contributed by atoms with van der Waals surface area (Å²) in [6, 6.07) is 9.71. The van der Waals surface area contributed by atoms with E-state index >= 15 is 0 Å². The zero-order chi connectivity index (χ0) is 10.2. The van der Waals surface area contributed by atoms with Crippen LogP contribution in [-0.2, 0) is 4.79 Å². The molecule has 0 atom stereocenters. The molecule has 14 heavy (non-hydrogen) atoms. The molecule has 1 aliphatic heterocycles. The highest BCUT2D eigenvalue weighted by Gasteiger charge is 2.38. The van der Waals surface area contributed by atoms with Gasteiger partial charge in [-0.2, -0.15) is 0 Å². The average molecular weight is 190 g/mol. The number of hydrogen-bond donors (Lipinski definition) is 1. The van der Waals surface area contributed by atoms with Crippen LogP contribution in [0.2, 0.25) is 0 Å². The van der Waals surface area contributed by atoms with Crippen LogP contribution in [0.1, 0.15) is 13.8 Å². The second-order valence-electron chi connectivity index (χ2n) is 4.03. The summed E-state index contributed by atoms with van der Waals surface area (Å²) in [6.07, 6.45) is 0. The predicted molar refractivity (Wildman–Crippen MR) is 56.0 cm³/mol. The van der Waals surface area contributed by atoms with Gasteiger partial charge in [-0.05, 0) is 26.0 Å². The first kappa shape index (κ1) is 9.21. The van der Waals surface area contributed by atoms with Gasteiger partial charge in [0.05, 0.1) is 12.2 Å². The van der Waals surface area contributed by atoms with Gasteiger partial charge in [0.15, 0.2) is 0 Å². The molecule has 1 amide bonds. The molecule has 1 saturated heterocycles. The fraction of sp³-hybridized carbons (Fsp3) is 0.364. The summed E-state index contributed by atoms with van der Waals surface area (Å²) in [7, 11) is 0. The van der Waals surface area contributed by atoms with Crippen LogP contribution in [0.15, 0.2) is 30.3 Å². The minimum absolute atomic E-state index is 0.128. The molecule has 3 nitrogen and oxygen atoms in total. The van der Waals surface area contributed by atoms with Crippen molar-refractivity contribution in [3.63, 3.8) is 0 Å². The molecular weight excluding hydrogens is 176 g/mol.